The maximum Gasteiger partial charge on any atom is 0.244 e. The van der Waals surface area contributed by atoms with Crippen LogP contribution < -0.4 is 31.3 Å². The average Bonchev–Trinajstić information content (AvgIpc) is 3.51. The molecule has 2 aliphatic rings. The zero-order chi connectivity index (χ0) is 30.6. The molecule has 0 saturated heterocycles. The molecule has 232 valence electrons. The van der Waals surface area contributed by atoms with Crippen molar-refractivity contribution >= 4 is 35.2 Å². The van der Waals surface area contributed by atoms with Gasteiger partial charge in [-0.25, -0.2) is 0 Å². The van der Waals surface area contributed by atoms with E-state index in [1.165, 1.54) is 0 Å². The number of fused-ring (bicyclic) bond motifs is 1. The first kappa shape index (κ1) is 32.3. The first-order valence-corrected chi connectivity index (χ1v) is 15.5. The van der Waals surface area contributed by atoms with E-state index >= 15 is 0 Å². The lowest BCUT2D eigenvalue weighted by atomic mass is 10.0. The largest absolute Gasteiger partial charge is 0.492 e. The monoisotopic (exact) mass is 610 g/mol. The maximum atomic E-state index is 13.7. The SMILES string of the molecule is CC(C)[C@H]1NC(=O)[C@@H](Cc2cccc(Cl)c2)NCCOc2ccccc2CCCNC(=O)[C@H](CNC2=NCCC2)NC1=O. The second kappa shape index (κ2) is 16.3. The van der Waals surface area contributed by atoms with E-state index in [1.807, 2.05) is 56.3 Å². The summed E-state index contributed by atoms with van der Waals surface area (Å²) < 4.78 is 6.09. The number of rotatable bonds is 5. The quantitative estimate of drug-likeness (QED) is 0.353. The molecule has 0 aromatic heterocycles. The topological polar surface area (TPSA) is 133 Å². The van der Waals surface area contributed by atoms with Crippen LogP contribution in [0.15, 0.2) is 53.5 Å². The second-order valence-electron chi connectivity index (χ2n) is 11.3. The zero-order valence-electron chi connectivity index (χ0n) is 25.0. The number of ether oxygens (including phenoxy) is 1. The van der Waals surface area contributed by atoms with Crippen LogP contribution in [0.1, 0.15) is 44.2 Å². The molecule has 3 atom stereocenters. The molecule has 10 nitrogen and oxygen atoms in total. The number of hydrogen-bond acceptors (Lipinski definition) is 7. The van der Waals surface area contributed by atoms with Gasteiger partial charge >= 0.3 is 0 Å². The van der Waals surface area contributed by atoms with Crippen LogP contribution in [-0.2, 0) is 27.2 Å². The van der Waals surface area contributed by atoms with Gasteiger partial charge in [-0.3, -0.25) is 19.4 Å². The third-order valence-corrected chi connectivity index (χ3v) is 7.79. The van der Waals surface area contributed by atoms with Crippen LogP contribution in [-0.4, -0.2) is 74.5 Å². The molecule has 2 heterocycles. The van der Waals surface area contributed by atoms with Crippen molar-refractivity contribution in [3.8, 4) is 5.75 Å². The summed E-state index contributed by atoms with van der Waals surface area (Å²) in [6.07, 6.45) is 3.56. The first-order valence-electron chi connectivity index (χ1n) is 15.1. The molecule has 2 aliphatic heterocycles. The van der Waals surface area contributed by atoms with E-state index in [-0.39, 0.29) is 24.3 Å². The molecule has 11 heteroatoms. The predicted octanol–water partition coefficient (Wildman–Crippen LogP) is 2.39. The fraction of sp³-hybridized carbons (Fsp3) is 0.500. The number of carbonyl (C=O) groups excluding carboxylic acids is 3. The molecule has 3 amide bonds. The molecule has 2 aromatic carbocycles. The highest BCUT2D eigenvalue weighted by molar-refractivity contribution is 6.30. The van der Waals surface area contributed by atoms with Gasteiger partial charge < -0.3 is 31.3 Å². The number of aryl methyl sites for hydroxylation is 1. The maximum absolute atomic E-state index is 13.7. The smallest absolute Gasteiger partial charge is 0.244 e. The van der Waals surface area contributed by atoms with Gasteiger partial charge in [0.1, 0.15) is 24.4 Å². The molecule has 43 heavy (non-hydrogen) atoms. The molecule has 0 fully saturated rings. The van der Waals surface area contributed by atoms with Crippen molar-refractivity contribution in [3.05, 3.63) is 64.7 Å². The van der Waals surface area contributed by atoms with Gasteiger partial charge in [0.25, 0.3) is 0 Å². The highest BCUT2D eigenvalue weighted by Crippen LogP contribution is 2.19. The van der Waals surface area contributed by atoms with Gasteiger partial charge in [0.15, 0.2) is 0 Å². The highest BCUT2D eigenvalue weighted by atomic mass is 35.5. The normalized spacial score (nSPS) is 22.7. The van der Waals surface area contributed by atoms with Crippen LogP contribution in [0.2, 0.25) is 5.02 Å². The van der Waals surface area contributed by atoms with Crippen molar-refractivity contribution in [1.29, 1.82) is 0 Å². The Labute approximate surface area is 258 Å². The third kappa shape index (κ3) is 9.96. The Hall–Kier alpha value is -3.63. The zero-order valence-corrected chi connectivity index (χ0v) is 25.7. The van der Waals surface area contributed by atoms with Crippen LogP contribution in [0, 0.1) is 5.92 Å². The number of aliphatic imine (C=N–C) groups is 1. The second-order valence-corrected chi connectivity index (χ2v) is 11.7. The van der Waals surface area contributed by atoms with Gasteiger partial charge in [-0.1, -0.05) is 55.8 Å². The Morgan fingerprint density at radius 1 is 0.953 bits per heavy atom. The van der Waals surface area contributed by atoms with Crippen molar-refractivity contribution in [1.82, 2.24) is 26.6 Å². The van der Waals surface area contributed by atoms with Crippen molar-refractivity contribution in [2.45, 2.75) is 64.1 Å². The number of carbonyl (C=O) groups is 3. The molecule has 0 spiro atoms. The summed E-state index contributed by atoms with van der Waals surface area (Å²) in [6, 6.07) is 12.9. The minimum absolute atomic E-state index is 0.199. The molecule has 5 N–H and O–H groups in total. The average molecular weight is 611 g/mol. The number of para-hydroxylation sites is 1. The van der Waals surface area contributed by atoms with Gasteiger partial charge in [0.05, 0.1) is 11.9 Å². The highest BCUT2D eigenvalue weighted by Gasteiger charge is 2.31. The van der Waals surface area contributed by atoms with E-state index in [0.717, 1.165) is 42.1 Å². The van der Waals surface area contributed by atoms with Crippen molar-refractivity contribution in [2.75, 3.05) is 32.8 Å². The number of benzene rings is 2. The first-order chi connectivity index (χ1) is 20.8. The number of nitrogens with zero attached hydrogens (tertiary/aromatic N) is 1. The third-order valence-electron chi connectivity index (χ3n) is 7.55. The van der Waals surface area contributed by atoms with Gasteiger partial charge in [-0.15, -0.1) is 0 Å². The summed E-state index contributed by atoms with van der Waals surface area (Å²) in [5, 5.41) is 15.9. The fourth-order valence-electron chi connectivity index (χ4n) is 5.18. The molecular formula is C32H43ClN6O4. The number of hydrogen-bond donors (Lipinski definition) is 5. The Balaban J connectivity index is 1.56. The summed E-state index contributed by atoms with van der Waals surface area (Å²) in [5.74, 6) is 0.353. The standard InChI is InChI=1S/C32H43ClN6O4/c1-21(2)29-32(42)38-26(20-37-28-13-7-14-35-28)30(40)36-15-6-10-23-9-3-4-12-27(23)43-17-16-34-25(31(41)39-29)19-22-8-5-11-24(33)18-22/h3-5,8-9,11-12,18,21,25-26,29,34H,6-7,10,13-17,19-20H2,1-2H3,(H,35,37)(H,36,40)(H,38,42)(H,39,41)/t25-,26+,29-/m1/s1. The van der Waals surface area contributed by atoms with Crippen LogP contribution in [0.25, 0.3) is 0 Å². The van der Waals surface area contributed by atoms with E-state index < -0.39 is 24.0 Å². The Bertz CT molecular complexity index is 1290. The Morgan fingerprint density at radius 2 is 1.79 bits per heavy atom. The van der Waals surface area contributed by atoms with Crippen molar-refractivity contribution < 1.29 is 19.1 Å². The lowest BCUT2D eigenvalue weighted by Crippen LogP contribution is -2.60. The Morgan fingerprint density at radius 3 is 2.56 bits per heavy atom. The Kier molecular flexibility index (Phi) is 12.2. The summed E-state index contributed by atoms with van der Waals surface area (Å²) >= 11 is 6.22. The molecule has 0 unspecified atom stereocenters. The van der Waals surface area contributed by atoms with E-state index in [0.29, 0.717) is 44.0 Å². The summed E-state index contributed by atoms with van der Waals surface area (Å²) in [4.78, 5) is 45.0. The van der Waals surface area contributed by atoms with E-state index in [9.17, 15) is 14.4 Å². The predicted molar refractivity (Wildman–Crippen MR) is 168 cm³/mol. The van der Waals surface area contributed by atoms with Gasteiger partial charge in [-0.2, -0.15) is 0 Å². The number of halogens is 1. The minimum Gasteiger partial charge on any atom is -0.492 e. The molecular weight excluding hydrogens is 568 g/mol. The lowest BCUT2D eigenvalue weighted by molar-refractivity contribution is -0.133. The van der Waals surface area contributed by atoms with Crippen LogP contribution >= 0.6 is 11.6 Å². The summed E-state index contributed by atoms with van der Waals surface area (Å²) in [6.45, 7) is 5.88. The van der Waals surface area contributed by atoms with E-state index in [2.05, 4.69) is 31.6 Å². The van der Waals surface area contributed by atoms with Gasteiger partial charge in [0, 0.05) is 37.6 Å². The molecule has 0 radical (unpaired) electrons. The molecule has 2 aromatic rings. The van der Waals surface area contributed by atoms with E-state index in [4.69, 9.17) is 16.3 Å². The number of amidine groups is 1. The van der Waals surface area contributed by atoms with Crippen LogP contribution in [0.3, 0.4) is 0 Å². The van der Waals surface area contributed by atoms with E-state index in [1.54, 1.807) is 6.07 Å². The molecule has 0 bridgehead atoms. The number of amides is 3. The molecule has 4 rings (SSSR count). The molecule has 0 saturated carbocycles. The van der Waals surface area contributed by atoms with Crippen LogP contribution in [0.5, 0.6) is 5.75 Å². The minimum atomic E-state index is -0.850. The summed E-state index contributed by atoms with van der Waals surface area (Å²) in [7, 11) is 0. The number of nitrogens with one attached hydrogen (secondary N) is 5. The molecule has 0 aliphatic carbocycles. The van der Waals surface area contributed by atoms with Crippen LogP contribution in [0.4, 0.5) is 0 Å². The summed E-state index contributed by atoms with van der Waals surface area (Å²) in [5.41, 5.74) is 1.92. The van der Waals surface area contributed by atoms with Crippen molar-refractivity contribution in [2.24, 2.45) is 10.9 Å². The van der Waals surface area contributed by atoms with Crippen molar-refractivity contribution in [3.63, 3.8) is 0 Å². The fourth-order valence-corrected chi connectivity index (χ4v) is 5.39. The van der Waals surface area contributed by atoms with Gasteiger partial charge in [0.2, 0.25) is 17.7 Å². The lowest BCUT2D eigenvalue weighted by Gasteiger charge is -2.28. The van der Waals surface area contributed by atoms with Gasteiger partial charge in [-0.05, 0) is 60.9 Å².